The Labute approximate surface area is 173 Å². The van der Waals surface area contributed by atoms with Crippen molar-refractivity contribution in [3.8, 4) is 0 Å². The number of piperidine rings is 1. The topological polar surface area (TPSA) is 57.3 Å². The number of amides is 1. The Bertz CT molecular complexity index is 878. The molecule has 2 N–H and O–H groups in total. The molecule has 3 fully saturated rings. The van der Waals surface area contributed by atoms with Crippen molar-refractivity contribution in [1.29, 1.82) is 0 Å². The summed E-state index contributed by atoms with van der Waals surface area (Å²) in [6.45, 7) is 2.61. The molecule has 0 bridgehead atoms. The van der Waals surface area contributed by atoms with E-state index in [1.54, 1.807) is 0 Å². The highest BCUT2D eigenvalue weighted by Crippen LogP contribution is 2.38. The second-order valence-electron chi connectivity index (χ2n) is 9.20. The van der Waals surface area contributed by atoms with E-state index >= 15 is 0 Å². The van der Waals surface area contributed by atoms with E-state index in [4.69, 9.17) is 0 Å². The third-order valence-electron chi connectivity index (χ3n) is 7.25. The van der Waals surface area contributed by atoms with Crippen LogP contribution in [-0.2, 0) is 11.3 Å². The average molecular weight is 393 g/mol. The average Bonchev–Trinajstić information content (AvgIpc) is 3.39. The van der Waals surface area contributed by atoms with E-state index in [0.29, 0.717) is 18.6 Å². The largest absolute Gasteiger partial charge is 0.350 e. The minimum atomic E-state index is -0.321. The molecule has 29 heavy (non-hydrogen) atoms. The standard InChI is InChI=1S/C24H32N4O/c29-23(26-16-18-13-19-7-1-4-10-22(19)25-15-18)24-11-5-6-12-28(24)17-21(14-24)27-20-8-2-3-9-20/h1,4,7,10,13,15,20-21,27H,2-3,5-6,8-9,11-12,14,16-17H2,(H,26,29)/t21-,24-/m0/s1. The van der Waals surface area contributed by atoms with E-state index < -0.39 is 0 Å². The Morgan fingerprint density at radius 3 is 2.90 bits per heavy atom. The Kier molecular flexibility index (Phi) is 5.27. The second kappa shape index (κ2) is 8.04. The second-order valence-corrected chi connectivity index (χ2v) is 9.20. The number of hydrogen-bond acceptors (Lipinski definition) is 4. The summed E-state index contributed by atoms with van der Waals surface area (Å²) < 4.78 is 0. The van der Waals surface area contributed by atoms with Crippen LogP contribution in [0.3, 0.4) is 0 Å². The number of carbonyl (C=O) groups is 1. The van der Waals surface area contributed by atoms with E-state index in [0.717, 1.165) is 48.8 Å². The van der Waals surface area contributed by atoms with Gasteiger partial charge in [0.2, 0.25) is 5.91 Å². The predicted octanol–water partition coefficient (Wildman–Crippen LogP) is 3.38. The van der Waals surface area contributed by atoms with E-state index in [9.17, 15) is 4.79 Å². The van der Waals surface area contributed by atoms with Crippen molar-refractivity contribution in [2.24, 2.45) is 0 Å². The van der Waals surface area contributed by atoms with Crippen LogP contribution < -0.4 is 10.6 Å². The normalized spacial score (nSPS) is 27.9. The maximum atomic E-state index is 13.4. The first-order chi connectivity index (χ1) is 14.2. The first-order valence-electron chi connectivity index (χ1n) is 11.4. The van der Waals surface area contributed by atoms with Crippen LogP contribution >= 0.6 is 0 Å². The summed E-state index contributed by atoms with van der Waals surface area (Å²) in [7, 11) is 0. The Morgan fingerprint density at radius 1 is 1.14 bits per heavy atom. The summed E-state index contributed by atoms with van der Waals surface area (Å²) in [5.41, 5.74) is 1.74. The van der Waals surface area contributed by atoms with E-state index in [1.807, 2.05) is 24.4 Å². The maximum absolute atomic E-state index is 13.4. The van der Waals surface area contributed by atoms with Crippen LogP contribution in [-0.4, -0.2) is 46.5 Å². The number of rotatable bonds is 5. The van der Waals surface area contributed by atoms with Crippen molar-refractivity contribution in [3.63, 3.8) is 0 Å². The number of nitrogens with zero attached hydrogens (tertiary/aromatic N) is 2. The lowest BCUT2D eigenvalue weighted by molar-refractivity contribution is -0.134. The molecule has 5 heteroatoms. The van der Waals surface area contributed by atoms with Gasteiger partial charge >= 0.3 is 0 Å². The molecule has 0 spiro atoms. The summed E-state index contributed by atoms with van der Waals surface area (Å²) >= 11 is 0. The molecule has 2 saturated heterocycles. The van der Waals surface area contributed by atoms with Crippen molar-refractivity contribution in [3.05, 3.63) is 42.1 Å². The van der Waals surface area contributed by atoms with E-state index in [1.165, 1.54) is 32.1 Å². The summed E-state index contributed by atoms with van der Waals surface area (Å²) in [6.07, 6.45) is 11.5. The van der Waals surface area contributed by atoms with E-state index in [-0.39, 0.29) is 11.4 Å². The summed E-state index contributed by atoms with van der Waals surface area (Å²) in [5, 5.41) is 8.26. The molecule has 1 saturated carbocycles. The Balaban J connectivity index is 1.27. The zero-order chi connectivity index (χ0) is 19.7. The van der Waals surface area contributed by atoms with Crippen molar-refractivity contribution in [2.45, 2.75) is 75.5 Å². The first kappa shape index (κ1) is 19.0. The van der Waals surface area contributed by atoms with Crippen LogP contribution in [0.2, 0.25) is 0 Å². The summed E-state index contributed by atoms with van der Waals surface area (Å²) in [6, 6.07) is 11.4. The van der Waals surface area contributed by atoms with Gasteiger partial charge in [0.1, 0.15) is 5.54 Å². The lowest BCUT2D eigenvalue weighted by Gasteiger charge is -2.40. The molecule has 5 nitrogen and oxygen atoms in total. The highest BCUT2D eigenvalue weighted by molar-refractivity contribution is 5.87. The van der Waals surface area contributed by atoms with Crippen molar-refractivity contribution < 1.29 is 4.79 Å². The Hall–Kier alpha value is -1.98. The molecule has 2 aromatic rings. The van der Waals surface area contributed by atoms with Gasteiger partial charge in [-0.25, -0.2) is 0 Å². The van der Waals surface area contributed by atoms with Gasteiger partial charge in [0.15, 0.2) is 0 Å². The highest BCUT2D eigenvalue weighted by Gasteiger charge is 2.51. The number of pyridine rings is 1. The minimum Gasteiger partial charge on any atom is -0.350 e. The predicted molar refractivity (Wildman–Crippen MR) is 116 cm³/mol. The Morgan fingerprint density at radius 2 is 2.00 bits per heavy atom. The number of nitrogens with one attached hydrogen (secondary N) is 2. The number of benzene rings is 1. The van der Waals surface area contributed by atoms with Crippen molar-refractivity contribution >= 4 is 16.8 Å². The molecule has 154 valence electrons. The smallest absolute Gasteiger partial charge is 0.240 e. The van der Waals surface area contributed by atoms with Gasteiger partial charge in [-0.05, 0) is 62.8 Å². The molecule has 0 radical (unpaired) electrons. The van der Waals surface area contributed by atoms with Crippen molar-refractivity contribution in [1.82, 2.24) is 20.5 Å². The van der Waals surface area contributed by atoms with Crippen LogP contribution in [0.4, 0.5) is 0 Å². The lowest BCUT2D eigenvalue weighted by atomic mass is 9.84. The van der Waals surface area contributed by atoms with Gasteiger partial charge < -0.3 is 10.6 Å². The summed E-state index contributed by atoms with van der Waals surface area (Å²) in [5.74, 6) is 0.209. The van der Waals surface area contributed by atoms with Gasteiger partial charge in [0.25, 0.3) is 0 Å². The lowest BCUT2D eigenvalue weighted by Crippen LogP contribution is -2.57. The molecular weight excluding hydrogens is 360 g/mol. The van der Waals surface area contributed by atoms with Crippen LogP contribution in [0, 0.1) is 0 Å². The van der Waals surface area contributed by atoms with Crippen LogP contribution in [0.15, 0.2) is 36.5 Å². The van der Waals surface area contributed by atoms with E-state index in [2.05, 4.69) is 32.7 Å². The molecule has 1 aromatic heterocycles. The fourth-order valence-electron chi connectivity index (χ4n) is 5.78. The third kappa shape index (κ3) is 3.78. The number of para-hydroxylation sites is 1. The zero-order valence-electron chi connectivity index (χ0n) is 17.2. The molecule has 2 atom stereocenters. The van der Waals surface area contributed by atoms with Crippen LogP contribution in [0.25, 0.3) is 10.9 Å². The van der Waals surface area contributed by atoms with Gasteiger partial charge in [-0.1, -0.05) is 31.0 Å². The molecule has 0 unspecified atom stereocenters. The highest BCUT2D eigenvalue weighted by atomic mass is 16.2. The quantitative estimate of drug-likeness (QED) is 0.819. The molecule has 5 rings (SSSR count). The van der Waals surface area contributed by atoms with Gasteiger partial charge in [0.05, 0.1) is 5.52 Å². The molecule has 1 aliphatic carbocycles. The monoisotopic (exact) mass is 392 g/mol. The molecule has 1 amide bonds. The van der Waals surface area contributed by atoms with Gasteiger partial charge in [-0.2, -0.15) is 0 Å². The molecule has 3 aliphatic rings. The fourth-order valence-corrected chi connectivity index (χ4v) is 5.78. The number of aromatic nitrogens is 1. The third-order valence-corrected chi connectivity index (χ3v) is 7.25. The minimum absolute atomic E-state index is 0.209. The molecular formula is C24H32N4O. The van der Waals surface area contributed by atoms with Crippen molar-refractivity contribution in [2.75, 3.05) is 13.1 Å². The fraction of sp³-hybridized carbons (Fsp3) is 0.583. The number of carbonyl (C=O) groups excluding carboxylic acids is 1. The maximum Gasteiger partial charge on any atom is 0.240 e. The van der Waals surface area contributed by atoms with Gasteiger partial charge in [-0.15, -0.1) is 0 Å². The van der Waals surface area contributed by atoms with Gasteiger partial charge in [-0.3, -0.25) is 14.7 Å². The first-order valence-corrected chi connectivity index (χ1v) is 11.4. The van der Waals surface area contributed by atoms with Gasteiger partial charge in [0, 0.05) is 36.8 Å². The zero-order valence-corrected chi connectivity index (χ0v) is 17.2. The molecule has 3 heterocycles. The number of hydrogen-bond donors (Lipinski definition) is 2. The number of fused-ring (bicyclic) bond motifs is 2. The van der Waals surface area contributed by atoms with Crippen LogP contribution in [0.1, 0.15) is 56.9 Å². The molecule has 1 aromatic carbocycles. The van der Waals surface area contributed by atoms with Crippen LogP contribution in [0.5, 0.6) is 0 Å². The summed E-state index contributed by atoms with van der Waals surface area (Å²) in [4.78, 5) is 20.4. The molecule has 2 aliphatic heterocycles. The SMILES string of the molecule is O=C(NCc1cnc2ccccc2c1)[C@@]12CCCCN1C[C@@H](NC1CCCC1)C2.